The van der Waals surface area contributed by atoms with Gasteiger partial charge in [-0.15, -0.1) is 0 Å². The minimum Gasteiger partial charge on any atom is -0.428 e. The van der Waals surface area contributed by atoms with Crippen molar-refractivity contribution in [1.29, 1.82) is 0 Å². The molecule has 0 saturated heterocycles. The Balaban J connectivity index is 3.51. The average Bonchev–Trinajstić information content (AvgIpc) is 2.14. The van der Waals surface area contributed by atoms with Crippen LogP contribution in [-0.2, 0) is 14.3 Å². The number of alkyl carbamates (subject to hydrolysis) is 1. The fraction of sp³-hybridized carbons (Fsp3) is 0.667. The average molecular weight is 220 g/mol. The SMILES string of the molecule is [CH2][C@H](F)CNC(=O)OCOC(=O)C(C)C. The predicted octanol–water partition coefficient (Wildman–Crippen LogP) is 1.04. The Morgan fingerprint density at radius 3 is 2.47 bits per heavy atom. The molecule has 0 aromatic rings. The normalized spacial score (nSPS) is 12.1. The Labute approximate surface area is 87.9 Å². The van der Waals surface area contributed by atoms with E-state index >= 15 is 0 Å². The first-order valence-electron chi connectivity index (χ1n) is 4.48. The molecule has 0 unspecified atom stereocenters. The molecule has 0 heterocycles. The molecule has 0 aromatic heterocycles. The summed E-state index contributed by atoms with van der Waals surface area (Å²) in [5.41, 5.74) is 0. The van der Waals surface area contributed by atoms with Crippen LogP contribution < -0.4 is 5.32 Å². The topological polar surface area (TPSA) is 64.6 Å². The van der Waals surface area contributed by atoms with Gasteiger partial charge in [-0.25, -0.2) is 9.18 Å². The van der Waals surface area contributed by atoms with Crippen LogP contribution in [0.5, 0.6) is 0 Å². The van der Waals surface area contributed by atoms with Crippen molar-refractivity contribution in [2.75, 3.05) is 13.3 Å². The third kappa shape index (κ3) is 7.72. The molecule has 0 aliphatic carbocycles. The molecule has 87 valence electrons. The summed E-state index contributed by atoms with van der Waals surface area (Å²) < 4.78 is 21.1. The Morgan fingerprint density at radius 2 is 2.00 bits per heavy atom. The van der Waals surface area contributed by atoms with Gasteiger partial charge in [0.05, 0.1) is 12.5 Å². The number of hydrogen-bond donors (Lipinski definition) is 1. The summed E-state index contributed by atoms with van der Waals surface area (Å²) in [6.07, 6.45) is -2.24. The van der Waals surface area contributed by atoms with Crippen molar-refractivity contribution in [3.8, 4) is 0 Å². The van der Waals surface area contributed by atoms with Gasteiger partial charge in [-0.05, 0) is 6.92 Å². The zero-order valence-electron chi connectivity index (χ0n) is 8.79. The van der Waals surface area contributed by atoms with Crippen molar-refractivity contribution < 1.29 is 23.5 Å². The summed E-state index contributed by atoms with van der Waals surface area (Å²) in [6, 6.07) is 0. The van der Waals surface area contributed by atoms with Crippen LogP contribution >= 0.6 is 0 Å². The number of amides is 1. The van der Waals surface area contributed by atoms with E-state index in [9.17, 15) is 14.0 Å². The van der Waals surface area contributed by atoms with Crippen LogP contribution in [0.4, 0.5) is 9.18 Å². The third-order valence-corrected chi connectivity index (χ3v) is 1.33. The fourth-order valence-electron chi connectivity index (χ4n) is 0.553. The third-order valence-electron chi connectivity index (χ3n) is 1.33. The number of ether oxygens (including phenoxy) is 2. The molecule has 0 rings (SSSR count). The molecule has 6 heteroatoms. The number of carbonyl (C=O) groups excluding carboxylic acids is 2. The molecule has 0 spiro atoms. The maximum absolute atomic E-state index is 12.2. The van der Waals surface area contributed by atoms with Gasteiger partial charge in [-0.1, -0.05) is 13.8 Å². The molecular weight excluding hydrogens is 205 g/mol. The molecule has 0 aliphatic rings. The van der Waals surface area contributed by atoms with Gasteiger partial charge in [0.2, 0.25) is 6.79 Å². The van der Waals surface area contributed by atoms with Crippen LogP contribution in [0.2, 0.25) is 0 Å². The minimum atomic E-state index is -1.39. The highest BCUT2D eigenvalue weighted by Gasteiger charge is 2.09. The van der Waals surface area contributed by atoms with Crippen LogP contribution in [0.25, 0.3) is 0 Å². The number of alkyl halides is 1. The van der Waals surface area contributed by atoms with Gasteiger partial charge in [0.25, 0.3) is 0 Å². The van der Waals surface area contributed by atoms with Gasteiger partial charge in [-0.3, -0.25) is 4.79 Å². The lowest BCUT2D eigenvalue weighted by Gasteiger charge is -2.09. The maximum atomic E-state index is 12.2. The second kappa shape index (κ2) is 7.03. The quantitative estimate of drug-likeness (QED) is 0.555. The van der Waals surface area contributed by atoms with Crippen LogP contribution in [0, 0.1) is 12.8 Å². The molecule has 1 N–H and O–H groups in total. The summed E-state index contributed by atoms with van der Waals surface area (Å²) in [6.45, 7) is 5.61. The molecule has 0 fully saturated rings. The van der Waals surface area contributed by atoms with E-state index in [4.69, 9.17) is 0 Å². The van der Waals surface area contributed by atoms with Crippen LogP contribution in [-0.4, -0.2) is 31.6 Å². The zero-order valence-corrected chi connectivity index (χ0v) is 8.79. The smallest absolute Gasteiger partial charge is 0.410 e. The first-order chi connectivity index (χ1) is 6.93. The summed E-state index contributed by atoms with van der Waals surface area (Å²) in [5, 5.41) is 2.10. The van der Waals surface area contributed by atoms with Crippen molar-refractivity contribution in [2.24, 2.45) is 5.92 Å². The van der Waals surface area contributed by atoms with Gasteiger partial charge >= 0.3 is 12.1 Å². The summed E-state index contributed by atoms with van der Waals surface area (Å²) in [5.74, 6) is -0.755. The molecule has 1 amide bonds. The van der Waals surface area contributed by atoms with Crippen molar-refractivity contribution in [1.82, 2.24) is 5.32 Å². The molecular formula is C9H15FNO4. The predicted molar refractivity (Wildman–Crippen MR) is 50.5 cm³/mol. The van der Waals surface area contributed by atoms with Crippen molar-refractivity contribution in [3.05, 3.63) is 6.92 Å². The van der Waals surface area contributed by atoms with E-state index < -0.39 is 25.0 Å². The maximum Gasteiger partial charge on any atom is 0.410 e. The van der Waals surface area contributed by atoms with Crippen molar-refractivity contribution in [3.63, 3.8) is 0 Å². The second-order valence-corrected chi connectivity index (χ2v) is 3.15. The van der Waals surface area contributed by atoms with E-state index in [2.05, 4.69) is 21.7 Å². The molecule has 5 nitrogen and oxygen atoms in total. The van der Waals surface area contributed by atoms with Crippen LogP contribution in [0.1, 0.15) is 13.8 Å². The van der Waals surface area contributed by atoms with E-state index in [-0.39, 0.29) is 12.5 Å². The highest BCUT2D eigenvalue weighted by molar-refractivity contribution is 5.71. The largest absolute Gasteiger partial charge is 0.428 e. The first-order valence-corrected chi connectivity index (χ1v) is 4.48. The van der Waals surface area contributed by atoms with E-state index in [0.717, 1.165) is 0 Å². The minimum absolute atomic E-state index is 0.239. The zero-order chi connectivity index (χ0) is 11.8. The fourth-order valence-corrected chi connectivity index (χ4v) is 0.553. The number of halogens is 1. The number of rotatable bonds is 5. The lowest BCUT2D eigenvalue weighted by atomic mass is 10.2. The van der Waals surface area contributed by atoms with Crippen molar-refractivity contribution >= 4 is 12.1 Å². The van der Waals surface area contributed by atoms with Gasteiger partial charge in [0.15, 0.2) is 0 Å². The van der Waals surface area contributed by atoms with Gasteiger partial charge in [-0.2, -0.15) is 0 Å². The van der Waals surface area contributed by atoms with E-state index in [1.807, 2.05) is 0 Å². The van der Waals surface area contributed by atoms with Gasteiger partial charge in [0, 0.05) is 0 Å². The molecule has 0 aliphatic heterocycles. The molecule has 15 heavy (non-hydrogen) atoms. The second-order valence-electron chi connectivity index (χ2n) is 3.15. The van der Waals surface area contributed by atoms with Gasteiger partial charge < -0.3 is 14.8 Å². The molecule has 0 aromatic carbocycles. The molecule has 1 radical (unpaired) electrons. The highest BCUT2D eigenvalue weighted by atomic mass is 19.1. The van der Waals surface area contributed by atoms with E-state index in [0.29, 0.717) is 0 Å². The lowest BCUT2D eigenvalue weighted by Crippen LogP contribution is -2.30. The molecule has 1 atom stereocenters. The number of nitrogens with one attached hydrogen (secondary N) is 1. The Morgan fingerprint density at radius 1 is 1.40 bits per heavy atom. The molecule has 0 saturated carbocycles. The standard InChI is InChI=1S/C9H15FNO4/c1-6(2)8(12)14-5-15-9(13)11-4-7(3)10/h6-7H,3-5H2,1-2H3,(H,11,13)/t7-/m0/s1. The summed E-state index contributed by atoms with van der Waals surface area (Å²) >= 11 is 0. The summed E-state index contributed by atoms with van der Waals surface area (Å²) in [4.78, 5) is 21.7. The Bertz CT molecular complexity index is 218. The summed E-state index contributed by atoms with van der Waals surface area (Å²) in [7, 11) is 0. The lowest BCUT2D eigenvalue weighted by molar-refractivity contribution is -0.155. The van der Waals surface area contributed by atoms with E-state index in [1.54, 1.807) is 13.8 Å². The Hall–Kier alpha value is -1.33. The monoisotopic (exact) mass is 220 g/mol. The molecule has 0 bridgehead atoms. The van der Waals surface area contributed by atoms with Gasteiger partial charge in [0.1, 0.15) is 6.17 Å². The van der Waals surface area contributed by atoms with Crippen LogP contribution in [0.15, 0.2) is 0 Å². The Kier molecular flexibility index (Phi) is 6.40. The first kappa shape index (κ1) is 13.7. The van der Waals surface area contributed by atoms with Crippen molar-refractivity contribution in [2.45, 2.75) is 20.0 Å². The number of esters is 1. The number of hydrogen-bond acceptors (Lipinski definition) is 4. The number of carbonyl (C=O) groups is 2. The van der Waals surface area contributed by atoms with Crippen LogP contribution in [0.3, 0.4) is 0 Å². The van der Waals surface area contributed by atoms with E-state index in [1.165, 1.54) is 0 Å². The highest BCUT2D eigenvalue weighted by Crippen LogP contribution is 1.95.